The number of carboxylic acids is 1. The van der Waals surface area contributed by atoms with Gasteiger partial charge in [0.25, 0.3) is 0 Å². The van der Waals surface area contributed by atoms with Crippen LogP contribution < -0.4 is 0 Å². The van der Waals surface area contributed by atoms with E-state index in [0.29, 0.717) is 12.8 Å². The molecule has 266 valence electrons. The fourth-order valence-corrected chi connectivity index (χ4v) is 5.63. The molecule has 0 aromatic carbocycles. The molecule has 0 heterocycles. The third kappa shape index (κ3) is 36.4. The van der Waals surface area contributed by atoms with Crippen LogP contribution in [0.1, 0.15) is 200 Å². The third-order valence-corrected chi connectivity index (χ3v) is 8.57. The van der Waals surface area contributed by atoms with Gasteiger partial charge in [0.05, 0.1) is 0 Å². The number of hydrogen-bond donors (Lipinski definition) is 1. The molecule has 4 heteroatoms. The molecule has 0 aliphatic heterocycles. The summed E-state index contributed by atoms with van der Waals surface area (Å²) in [7, 11) is 0. The molecule has 0 aliphatic carbocycles. The van der Waals surface area contributed by atoms with Crippen LogP contribution in [0.2, 0.25) is 0 Å². The van der Waals surface area contributed by atoms with Crippen LogP contribution in [-0.4, -0.2) is 23.1 Å². The lowest BCUT2D eigenvalue weighted by Gasteiger charge is -2.17. The van der Waals surface area contributed by atoms with Gasteiger partial charge in [-0.1, -0.05) is 165 Å². The molecule has 46 heavy (non-hydrogen) atoms. The van der Waals surface area contributed by atoms with E-state index in [2.05, 4.69) is 62.5 Å². The van der Waals surface area contributed by atoms with Crippen molar-refractivity contribution in [3.05, 3.63) is 48.6 Å². The minimum atomic E-state index is -0.818. The fourth-order valence-electron chi connectivity index (χ4n) is 5.63. The van der Waals surface area contributed by atoms with Crippen LogP contribution in [0, 0.1) is 0 Å². The maximum atomic E-state index is 12.4. The van der Waals surface area contributed by atoms with Crippen molar-refractivity contribution in [2.24, 2.45) is 0 Å². The topological polar surface area (TPSA) is 63.6 Å². The minimum absolute atomic E-state index is 0.0651. The first-order chi connectivity index (χ1) is 22.6. The van der Waals surface area contributed by atoms with Gasteiger partial charge in [-0.05, 0) is 70.6 Å². The molecule has 0 spiro atoms. The highest BCUT2D eigenvalue weighted by molar-refractivity contribution is 5.69. The van der Waals surface area contributed by atoms with E-state index in [-0.39, 0.29) is 18.5 Å². The molecule has 1 unspecified atom stereocenters. The molecule has 0 amide bonds. The van der Waals surface area contributed by atoms with Crippen LogP contribution in [0.4, 0.5) is 0 Å². The molecule has 0 radical (unpaired) electrons. The maximum Gasteiger partial charge on any atom is 0.306 e. The highest BCUT2D eigenvalue weighted by Gasteiger charge is 2.15. The smallest absolute Gasteiger partial charge is 0.306 e. The molecule has 0 aromatic heterocycles. The first kappa shape index (κ1) is 43.9. The SMILES string of the molecule is CCCCC/C=C\C/C=C\C/C=C\C/C=C\CCCCCCCC(=O)OC(CCCCCCCCCCCCCC)CCC(=O)O. The Morgan fingerprint density at radius 3 is 1.37 bits per heavy atom. The molecule has 0 bridgehead atoms. The zero-order valence-electron chi connectivity index (χ0n) is 30.4. The van der Waals surface area contributed by atoms with E-state index in [1.807, 2.05) is 0 Å². The number of ether oxygens (including phenoxy) is 1. The molecule has 0 aromatic rings. The Balaban J connectivity index is 3.79. The number of rotatable bonds is 35. The second-order valence-electron chi connectivity index (χ2n) is 13.1. The quantitative estimate of drug-likeness (QED) is 0.0424. The number of hydrogen-bond acceptors (Lipinski definition) is 3. The van der Waals surface area contributed by atoms with E-state index in [9.17, 15) is 9.59 Å². The van der Waals surface area contributed by atoms with Gasteiger partial charge in [0.15, 0.2) is 0 Å². The van der Waals surface area contributed by atoms with Gasteiger partial charge in [-0.25, -0.2) is 0 Å². The van der Waals surface area contributed by atoms with Gasteiger partial charge in [0, 0.05) is 12.8 Å². The van der Waals surface area contributed by atoms with Crippen molar-refractivity contribution in [3.8, 4) is 0 Å². The van der Waals surface area contributed by atoms with E-state index in [4.69, 9.17) is 9.84 Å². The Morgan fingerprint density at radius 1 is 0.478 bits per heavy atom. The lowest BCUT2D eigenvalue weighted by molar-refractivity contribution is -0.151. The van der Waals surface area contributed by atoms with Crippen molar-refractivity contribution in [2.45, 2.75) is 206 Å². The summed E-state index contributed by atoms with van der Waals surface area (Å²) < 4.78 is 5.72. The Labute approximate surface area is 285 Å². The van der Waals surface area contributed by atoms with Crippen LogP contribution >= 0.6 is 0 Å². The number of aliphatic carboxylic acids is 1. The lowest BCUT2D eigenvalue weighted by atomic mass is 10.0. The van der Waals surface area contributed by atoms with Crippen molar-refractivity contribution < 1.29 is 19.4 Å². The average molecular weight is 643 g/mol. The monoisotopic (exact) mass is 643 g/mol. The maximum absolute atomic E-state index is 12.4. The predicted molar refractivity (Wildman–Crippen MR) is 199 cm³/mol. The van der Waals surface area contributed by atoms with E-state index in [0.717, 1.165) is 64.2 Å². The van der Waals surface area contributed by atoms with E-state index >= 15 is 0 Å². The number of carboxylic acid groups (broad SMARTS) is 1. The fraction of sp³-hybridized carbons (Fsp3) is 0.762. The summed E-state index contributed by atoms with van der Waals surface area (Å²) in [5.41, 5.74) is 0. The molecule has 0 fully saturated rings. The Kier molecular flexibility index (Phi) is 35.7. The standard InChI is InChI=1S/C42H74O4/c1-3-5-7-9-11-13-15-17-18-19-20-21-22-23-24-25-27-29-31-33-35-37-42(45)46-40(38-39-41(43)44)36-34-32-30-28-26-16-14-12-10-8-6-4-2/h11,13,17-18,20-21,23-24,40H,3-10,12,14-16,19,22,25-39H2,1-2H3,(H,43,44)/b13-11-,18-17-,21-20-,24-23-. The van der Waals surface area contributed by atoms with Crippen LogP contribution in [-0.2, 0) is 14.3 Å². The summed E-state index contributed by atoms with van der Waals surface area (Å²) in [6.07, 6.45) is 49.8. The molecule has 1 atom stereocenters. The number of esters is 1. The summed E-state index contributed by atoms with van der Waals surface area (Å²) in [6, 6.07) is 0. The predicted octanol–water partition coefficient (Wildman–Crippen LogP) is 13.6. The van der Waals surface area contributed by atoms with Crippen molar-refractivity contribution in [1.29, 1.82) is 0 Å². The number of unbranched alkanes of at least 4 members (excludes halogenated alkanes) is 19. The highest BCUT2D eigenvalue weighted by Crippen LogP contribution is 2.17. The van der Waals surface area contributed by atoms with Crippen LogP contribution in [0.5, 0.6) is 0 Å². The van der Waals surface area contributed by atoms with Gasteiger partial charge in [0.2, 0.25) is 0 Å². The first-order valence-electron chi connectivity index (χ1n) is 19.6. The first-order valence-corrected chi connectivity index (χ1v) is 19.6. The molecular formula is C42H74O4. The summed E-state index contributed by atoms with van der Waals surface area (Å²) in [4.78, 5) is 23.5. The summed E-state index contributed by atoms with van der Waals surface area (Å²) in [5.74, 6) is -0.975. The molecule has 1 N–H and O–H groups in total. The normalized spacial score (nSPS) is 12.7. The molecule has 4 nitrogen and oxygen atoms in total. The second-order valence-corrected chi connectivity index (χ2v) is 13.1. The zero-order chi connectivity index (χ0) is 33.6. The van der Waals surface area contributed by atoms with Crippen molar-refractivity contribution in [1.82, 2.24) is 0 Å². The van der Waals surface area contributed by atoms with Gasteiger partial charge in [-0.2, -0.15) is 0 Å². The van der Waals surface area contributed by atoms with Gasteiger partial charge < -0.3 is 9.84 Å². The van der Waals surface area contributed by atoms with Gasteiger partial charge in [0.1, 0.15) is 6.10 Å². The van der Waals surface area contributed by atoms with Crippen LogP contribution in [0.3, 0.4) is 0 Å². The lowest BCUT2D eigenvalue weighted by Crippen LogP contribution is -2.19. The molecule has 0 rings (SSSR count). The van der Waals surface area contributed by atoms with E-state index in [1.54, 1.807) is 0 Å². The Bertz CT molecular complexity index is 779. The summed E-state index contributed by atoms with van der Waals surface area (Å²) >= 11 is 0. The molecular weight excluding hydrogens is 568 g/mol. The number of carbonyl (C=O) groups is 2. The minimum Gasteiger partial charge on any atom is -0.481 e. The molecule has 0 saturated carbocycles. The van der Waals surface area contributed by atoms with Crippen molar-refractivity contribution in [3.63, 3.8) is 0 Å². The third-order valence-electron chi connectivity index (χ3n) is 8.57. The number of allylic oxidation sites excluding steroid dienone is 8. The Hall–Kier alpha value is -2.10. The summed E-state index contributed by atoms with van der Waals surface area (Å²) in [6.45, 7) is 4.51. The van der Waals surface area contributed by atoms with Crippen molar-refractivity contribution in [2.75, 3.05) is 0 Å². The van der Waals surface area contributed by atoms with Crippen molar-refractivity contribution >= 4 is 11.9 Å². The van der Waals surface area contributed by atoms with Gasteiger partial charge in [-0.3, -0.25) is 9.59 Å². The Morgan fingerprint density at radius 2 is 0.870 bits per heavy atom. The zero-order valence-corrected chi connectivity index (χ0v) is 30.4. The van der Waals surface area contributed by atoms with Gasteiger partial charge in [-0.15, -0.1) is 0 Å². The van der Waals surface area contributed by atoms with E-state index < -0.39 is 5.97 Å². The van der Waals surface area contributed by atoms with E-state index in [1.165, 1.54) is 103 Å². The highest BCUT2D eigenvalue weighted by atomic mass is 16.5. The number of carbonyl (C=O) groups excluding carboxylic acids is 1. The second kappa shape index (κ2) is 37.4. The van der Waals surface area contributed by atoms with Crippen LogP contribution in [0.15, 0.2) is 48.6 Å². The average Bonchev–Trinajstić information content (AvgIpc) is 3.04. The van der Waals surface area contributed by atoms with Crippen LogP contribution in [0.25, 0.3) is 0 Å². The largest absolute Gasteiger partial charge is 0.481 e. The van der Waals surface area contributed by atoms with Gasteiger partial charge >= 0.3 is 11.9 Å². The molecule has 0 saturated heterocycles. The molecule has 0 aliphatic rings. The summed E-state index contributed by atoms with van der Waals surface area (Å²) in [5, 5.41) is 9.11.